The van der Waals surface area contributed by atoms with Crippen LogP contribution in [0.3, 0.4) is 0 Å². The molecule has 1 fully saturated rings. The lowest BCUT2D eigenvalue weighted by Gasteiger charge is -2.37. The molecule has 192 valence electrons. The number of carbonyl (C=O) groups is 2. The first-order chi connectivity index (χ1) is 17.7. The molecule has 2 aliphatic carbocycles. The number of Topliss-reactive ketones (excluding diaryl/α,β-unsaturated/α-hetero) is 1. The lowest BCUT2D eigenvalue weighted by molar-refractivity contribution is -0.385. The molecule has 0 amide bonds. The molecule has 1 aliphatic heterocycles. The molecule has 7 nitrogen and oxygen atoms in total. The van der Waals surface area contributed by atoms with E-state index >= 15 is 0 Å². The van der Waals surface area contributed by atoms with Crippen LogP contribution in [-0.2, 0) is 9.53 Å². The molecular formula is C30H32N2O5. The number of benzene rings is 2. The first-order valence-electron chi connectivity index (χ1n) is 13.0. The SMILES string of the molecule is CC1=C(C(=O)O[C@@H]2C[C@H](C(C)C)CC[C@@H]2C)[C@@H](c2ccccc2[N+](=O)[O-])C2=C(N1)c1ccccc1C2=O. The topological polar surface area (TPSA) is 98.5 Å². The molecule has 37 heavy (non-hydrogen) atoms. The van der Waals surface area contributed by atoms with E-state index in [9.17, 15) is 19.7 Å². The molecule has 1 N–H and O–H groups in total. The Balaban J connectivity index is 1.60. The molecule has 2 aromatic rings. The highest BCUT2D eigenvalue weighted by Crippen LogP contribution is 2.49. The molecule has 0 radical (unpaired) electrons. The van der Waals surface area contributed by atoms with E-state index < -0.39 is 16.8 Å². The van der Waals surface area contributed by atoms with E-state index in [0.29, 0.717) is 39.9 Å². The predicted octanol–water partition coefficient (Wildman–Crippen LogP) is 6.17. The average molecular weight is 501 g/mol. The Hall–Kier alpha value is -3.74. The van der Waals surface area contributed by atoms with Gasteiger partial charge in [0, 0.05) is 34.0 Å². The zero-order chi connectivity index (χ0) is 26.4. The highest BCUT2D eigenvalue weighted by Gasteiger charge is 2.45. The molecule has 0 spiro atoms. The molecular weight excluding hydrogens is 468 g/mol. The van der Waals surface area contributed by atoms with Gasteiger partial charge in [0.1, 0.15) is 6.10 Å². The third kappa shape index (κ3) is 4.26. The van der Waals surface area contributed by atoms with Crippen molar-refractivity contribution in [1.82, 2.24) is 5.32 Å². The van der Waals surface area contributed by atoms with Crippen molar-refractivity contribution in [3.8, 4) is 0 Å². The second-order valence-corrected chi connectivity index (χ2v) is 10.8. The van der Waals surface area contributed by atoms with Gasteiger partial charge in [0.25, 0.3) is 5.69 Å². The summed E-state index contributed by atoms with van der Waals surface area (Å²) in [6.45, 7) is 8.26. The molecule has 1 saturated carbocycles. The van der Waals surface area contributed by atoms with E-state index in [1.54, 1.807) is 37.3 Å². The van der Waals surface area contributed by atoms with Crippen molar-refractivity contribution in [2.24, 2.45) is 17.8 Å². The normalized spacial score (nSPS) is 25.1. The van der Waals surface area contributed by atoms with Crippen LogP contribution in [0.5, 0.6) is 0 Å². The first kappa shape index (κ1) is 24.9. The number of ether oxygens (including phenoxy) is 1. The van der Waals surface area contributed by atoms with E-state index in [0.717, 1.165) is 24.8 Å². The van der Waals surface area contributed by atoms with Gasteiger partial charge in [-0.2, -0.15) is 0 Å². The van der Waals surface area contributed by atoms with Crippen LogP contribution in [0.25, 0.3) is 5.70 Å². The summed E-state index contributed by atoms with van der Waals surface area (Å²) in [5.74, 6) is -0.486. The van der Waals surface area contributed by atoms with E-state index in [2.05, 4.69) is 26.1 Å². The number of nitro benzene ring substituents is 1. The van der Waals surface area contributed by atoms with Gasteiger partial charge in [-0.25, -0.2) is 4.79 Å². The van der Waals surface area contributed by atoms with Crippen molar-refractivity contribution in [3.63, 3.8) is 0 Å². The van der Waals surface area contributed by atoms with Gasteiger partial charge in [-0.3, -0.25) is 14.9 Å². The average Bonchev–Trinajstić information content (AvgIpc) is 3.15. The van der Waals surface area contributed by atoms with E-state index in [4.69, 9.17) is 4.74 Å². The van der Waals surface area contributed by atoms with Crippen LogP contribution in [0.4, 0.5) is 5.69 Å². The van der Waals surface area contributed by atoms with Crippen molar-refractivity contribution >= 4 is 23.1 Å². The van der Waals surface area contributed by atoms with Gasteiger partial charge in [-0.1, -0.05) is 63.2 Å². The standard InChI is InChI=1S/C30H32N2O5/c1-16(2)19-14-13-17(3)24(15-19)37-30(34)25-18(4)31-28-20-9-5-6-10-21(20)29(33)27(28)26(25)22-11-7-8-12-23(22)32(35)36/h5-12,16-17,19,24,26,31H,13-15H2,1-4H3/t17-,19+,24+,26+/m0/s1. The van der Waals surface area contributed by atoms with Crippen LogP contribution in [0.15, 0.2) is 65.4 Å². The number of hydrogen-bond acceptors (Lipinski definition) is 6. The maximum Gasteiger partial charge on any atom is 0.337 e. The largest absolute Gasteiger partial charge is 0.459 e. The number of fused-ring (bicyclic) bond motifs is 2. The monoisotopic (exact) mass is 500 g/mol. The number of ketones is 1. The van der Waals surface area contributed by atoms with Gasteiger partial charge in [-0.15, -0.1) is 0 Å². The zero-order valence-corrected chi connectivity index (χ0v) is 21.6. The fourth-order valence-corrected chi connectivity index (χ4v) is 6.09. The predicted molar refractivity (Wildman–Crippen MR) is 141 cm³/mol. The van der Waals surface area contributed by atoms with Crippen LogP contribution in [-0.4, -0.2) is 22.8 Å². The number of nitrogens with zero attached hydrogens (tertiary/aromatic N) is 1. The number of hydrogen-bond donors (Lipinski definition) is 1. The van der Waals surface area contributed by atoms with Crippen LogP contribution < -0.4 is 5.32 Å². The van der Waals surface area contributed by atoms with Gasteiger partial charge in [-0.05, 0) is 43.9 Å². The minimum absolute atomic E-state index is 0.131. The van der Waals surface area contributed by atoms with Gasteiger partial charge in [0.05, 0.1) is 22.1 Å². The zero-order valence-electron chi connectivity index (χ0n) is 21.6. The van der Waals surface area contributed by atoms with Crippen molar-refractivity contribution < 1.29 is 19.2 Å². The number of esters is 1. The quantitative estimate of drug-likeness (QED) is 0.300. The van der Waals surface area contributed by atoms with Crippen molar-refractivity contribution in [3.05, 3.63) is 92.2 Å². The second-order valence-electron chi connectivity index (χ2n) is 10.8. The Labute approximate surface area is 216 Å². The van der Waals surface area contributed by atoms with Crippen molar-refractivity contribution in [2.45, 2.75) is 59.0 Å². The Morgan fingerprint density at radius 2 is 1.76 bits per heavy atom. The van der Waals surface area contributed by atoms with Gasteiger partial charge < -0.3 is 10.1 Å². The summed E-state index contributed by atoms with van der Waals surface area (Å²) in [7, 11) is 0. The van der Waals surface area contributed by atoms with Crippen LogP contribution in [0.2, 0.25) is 0 Å². The van der Waals surface area contributed by atoms with Crippen LogP contribution >= 0.6 is 0 Å². The lowest BCUT2D eigenvalue weighted by atomic mass is 9.75. The maximum absolute atomic E-state index is 13.9. The molecule has 0 saturated heterocycles. The van der Waals surface area contributed by atoms with E-state index in [1.807, 2.05) is 12.1 Å². The minimum Gasteiger partial charge on any atom is -0.459 e. The van der Waals surface area contributed by atoms with Gasteiger partial charge >= 0.3 is 5.97 Å². The Bertz CT molecular complexity index is 1360. The number of dihydropyridines is 1. The molecule has 1 heterocycles. The number of carbonyl (C=O) groups excluding carboxylic acids is 2. The molecule has 0 bridgehead atoms. The number of nitro groups is 1. The Morgan fingerprint density at radius 1 is 1.08 bits per heavy atom. The molecule has 3 aliphatic rings. The van der Waals surface area contributed by atoms with Crippen LogP contribution in [0.1, 0.15) is 74.4 Å². The summed E-state index contributed by atoms with van der Waals surface area (Å²) in [5, 5.41) is 15.3. The van der Waals surface area contributed by atoms with E-state index in [1.165, 1.54) is 6.07 Å². The second kappa shape index (κ2) is 9.61. The highest BCUT2D eigenvalue weighted by atomic mass is 16.6. The molecule has 0 unspecified atom stereocenters. The number of rotatable bonds is 5. The number of allylic oxidation sites excluding steroid dienone is 2. The fourth-order valence-electron chi connectivity index (χ4n) is 6.09. The molecule has 0 aromatic heterocycles. The van der Waals surface area contributed by atoms with Crippen molar-refractivity contribution in [2.75, 3.05) is 0 Å². The molecule has 2 aromatic carbocycles. The number of nitrogens with one attached hydrogen (secondary N) is 1. The summed E-state index contributed by atoms with van der Waals surface area (Å²) in [6.07, 6.45) is 2.64. The molecule has 5 rings (SSSR count). The summed E-state index contributed by atoms with van der Waals surface area (Å²) < 4.78 is 6.17. The van der Waals surface area contributed by atoms with E-state index in [-0.39, 0.29) is 29.1 Å². The van der Waals surface area contributed by atoms with Gasteiger partial charge in [0.15, 0.2) is 5.78 Å². The maximum atomic E-state index is 13.9. The summed E-state index contributed by atoms with van der Waals surface area (Å²) in [6, 6.07) is 13.6. The summed E-state index contributed by atoms with van der Waals surface area (Å²) in [4.78, 5) is 39.2. The summed E-state index contributed by atoms with van der Waals surface area (Å²) >= 11 is 0. The molecule has 7 heteroatoms. The van der Waals surface area contributed by atoms with Crippen molar-refractivity contribution in [1.29, 1.82) is 0 Å². The molecule has 4 atom stereocenters. The first-order valence-corrected chi connectivity index (χ1v) is 13.0. The lowest BCUT2D eigenvalue weighted by Crippen LogP contribution is -2.36. The van der Waals surface area contributed by atoms with Gasteiger partial charge in [0.2, 0.25) is 0 Å². The third-order valence-corrected chi connectivity index (χ3v) is 8.28. The van der Waals surface area contributed by atoms with Crippen LogP contribution in [0, 0.1) is 27.9 Å². The highest BCUT2D eigenvalue weighted by molar-refractivity contribution is 6.23. The third-order valence-electron chi connectivity index (χ3n) is 8.28. The minimum atomic E-state index is -0.912. The summed E-state index contributed by atoms with van der Waals surface area (Å²) in [5.41, 5.74) is 3.19. The fraction of sp³-hybridized carbons (Fsp3) is 0.400. The Morgan fingerprint density at radius 3 is 2.46 bits per heavy atom. The number of para-hydroxylation sites is 1. The smallest absolute Gasteiger partial charge is 0.337 e. The Kier molecular flexibility index (Phi) is 6.48.